The molecule has 2 atom stereocenters. The summed E-state index contributed by atoms with van der Waals surface area (Å²) in [5.74, 6) is -0.439. The highest BCUT2D eigenvalue weighted by atomic mass is 19.4. The molecule has 1 aliphatic heterocycles. The molecular weight excluding hydrogens is 265 g/mol. The minimum atomic E-state index is -4.00. The molecular formula is C15H27F3N2. The Hall–Kier alpha value is -0.290. The number of nitrogens with zero attached hydrogens (tertiary/aromatic N) is 1. The van der Waals surface area contributed by atoms with E-state index in [9.17, 15) is 13.2 Å². The maximum absolute atomic E-state index is 12.6. The number of hydrogen-bond acceptors (Lipinski definition) is 2. The summed E-state index contributed by atoms with van der Waals surface area (Å²) in [4.78, 5) is 2.35. The van der Waals surface area contributed by atoms with E-state index >= 15 is 0 Å². The van der Waals surface area contributed by atoms with E-state index in [1.54, 1.807) is 0 Å². The Bertz CT molecular complexity index is 298. The van der Waals surface area contributed by atoms with E-state index in [1.807, 2.05) is 0 Å². The summed E-state index contributed by atoms with van der Waals surface area (Å²) in [7, 11) is 2.15. The minimum Gasteiger partial charge on any atom is -0.311 e. The van der Waals surface area contributed by atoms with Gasteiger partial charge in [-0.2, -0.15) is 13.2 Å². The molecule has 20 heavy (non-hydrogen) atoms. The summed E-state index contributed by atoms with van der Waals surface area (Å²) in [6.07, 6.45) is 0.373. The number of hydrogen-bond donors (Lipinski definition) is 1. The number of likely N-dealkylation sites (tertiary alicyclic amines) is 1. The van der Waals surface area contributed by atoms with Gasteiger partial charge in [0.25, 0.3) is 0 Å². The summed E-state index contributed by atoms with van der Waals surface area (Å²) in [5, 5.41) is 3.59. The average Bonchev–Trinajstić information content (AvgIpc) is 2.38. The van der Waals surface area contributed by atoms with E-state index in [0.717, 1.165) is 6.54 Å². The van der Waals surface area contributed by atoms with Crippen molar-refractivity contribution in [1.82, 2.24) is 10.2 Å². The molecule has 2 fully saturated rings. The number of piperidine rings is 1. The predicted octanol–water partition coefficient (Wildman–Crippen LogP) is 3.43. The van der Waals surface area contributed by atoms with Crippen LogP contribution in [-0.4, -0.2) is 43.3 Å². The average molecular weight is 292 g/mol. The molecule has 0 aromatic carbocycles. The molecule has 0 bridgehead atoms. The Morgan fingerprint density at radius 2 is 1.75 bits per heavy atom. The van der Waals surface area contributed by atoms with E-state index in [1.165, 1.54) is 19.4 Å². The first-order valence-electron chi connectivity index (χ1n) is 7.87. The molecule has 0 aromatic rings. The van der Waals surface area contributed by atoms with Crippen molar-refractivity contribution in [2.75, 3.05) is 20.1 Å². The fourth-order valence-electron chi connectivity index (χ4n) is 3.71. The molecule has 1 saturated carbocycles. The molecule has 0 amide bonds. The van der Waals surface area contributed by atoms with Crippen LogP contribution in [-0.2, 0) is 0 Å². The first kappa shape index (κ1) is 16.1. The van der Waals surface area contributed by atoms with Crippen molar-refractivity contribution >= 4 is 0 Å². The van der Waals surface area contributed by atoms with E-state index in [-0.39, 0.29) is 6.04 Å². The van der Waals surface area contributed by atoms with Gasteiger partial charge in [-0.25, -0.2) is 0 Å². The third-order valence-electron chi connectivity index (χ3n) is 5.06. The third-order valence-corrected chi connectivity index (χ3v) is 5.06. The van der Waals surface area contributed by atoms with E-state index in [2.05, 4.69) is 24.2 Å². The fourth-order valence-corrected chi connectivity index (χ4v) is 3.71. The molecule has 2 aliphatic rings. The van der Waals surface area contributed by atoms with Gasteiger partial charge >= 0.3 is 6.18 Å². The predicted molar refractivity (Wildman–Crippen MR) is 74.6 cm³/mol. The van der Waals surface area contributed by atoms with Crippen molar-refractivity contribution in [3.05, 3.63) is 0 Å². The molecule has 1 heterocycles. The van der Waals surface area contributed by atoms with Gasteiger partial charge in [0.2, 0.25) is 0 Å². The maximum atomic E-state index is 12.6. The zero-order chi connectivity index (χ0) is 14.8. The van der Waals surface area contributed by atoms with Gasteiger partial charge in [-0.3, -0.25) is 0 Å². The maximum Gasteiger partial charge on any atom is 0.391 e. The zero-order valence-corrected chi connectivity index (χ0v) is 12.5. The van der Waals surface area contributed by atoms with Gasteiger partial charge in [-0.05, 0) is 65.0 Å². The number of halogens is 3. The lowest BCUT2D eigenvalue weighted by Gasteiger charge is -2.37. The largest absolute Gasteiger partial charge is 0.391 e. The van der Waals surface area contributed by atoms with E-state index in [4.69, 9.17) is 0 Å². The Balaban J connectivity index is 1.74. The Labute approximate surface area is 120 Å². The lowest BCUT2D eigenvalue weighted by molar-refractivity contribution is -0.182. The summed E-state index contributed by atoms with van der Waals surface area (Å²) < 4.78 is 37.9. The molecule has 2 rings (SSSR count). The van der Waals surface area contributed by atoms with Crippen LogP contribution in [0.15, 0.2) is 0 Å². The van der Waals surface area contributed by atoms with Crippen LogP contribution in [0, 0.1) is 11.8 Å². The standard InChI is InChI=1S/C15H27F3N2/c1-11(12-4-3-9-20(2)10-12)19-14-7-5-13(6-8-14)15(16,17)18/h11-14,19H,3-10H2,1-2H3. The molecule has 1 N–H and O–H groups in total. The molecule has 0 radical (unpaired) electrons. The van der Waals surface area contributed by atoms with Crippen LogP contribution in [0.3, 0.4) is 0 Å². The van der Waals surface area contributed by atoms with Crippen molar-refractivity contribution in [3.8, 4) is 0 Å². The summed E-state index contributed by atoms with van der Waals surface area (Å²) >= 11 is 0. The lowest BCUT2D eigenvalue weighted by atomic mass is 9.84. The molecule has 5 heteroatoms. The van der Waals surface area contributed by atoms with E-state index < -0.39 is 12.1 Å². The number of rotatable bonds is 3. The Morgan fingerprint density at radius 1 is 1.10 bits per heavy atom. The Kier molecular flexibility index (Phi) is 5.35. The number of alkyl halides is 3. The second kappa shape index (κ2) is 6.65. The van der Waals surface area contributed by atoms with E-state index in [0.29, 0.717) is 37.6 Å². The lowest BCUT2D eigenvalue weighted by Crippen LogP contribution is -2.48. The van der Waals surface area contributed by atoms with Crippen molar-refractivity contribution < 1.29 is 13.2 Å². The summed E-state index contributed by atoms with van der Waals surface area (Å²) in [6, 6.07) is 0.681. The molecule has 2 nitrogen and oxygen atoms in total. The third kappa shape index (κ3) is 4.35. The van der Waals surface area contributed by atoms with Crippen LogP contribution in [0.5, 0.6) is 0 Å². The van der Waals surface area contributed by atoms with Crippen LogP contribution >= 0.6 is 0 Å². The Morgan fingerprint density at radius 3 is 2.30 bits per heavy atom. The molecule has 1 saturated heterocycles. The van der Waals surface area contributed by atoms with Crippen molar-refractivity contribution in [1.29, 1.82) is 0 Å². The first-order valence-corrected chi connectivity index (χ1v) is 7.87. The minimum absolute atomic E-state index is 0.274. The van der Waals surface area contributed by atoms with Gasteiger partial charge in [0.1, 0.15) is 0 Å². The van der Waals surface area contributed by atoms with Gasteiger partial charge in [0.15, 0.2) is 0 Å². The van der Waals surface area contributed by atoms with Crippen molar-refractivity contribution in [2.24, 2.45) is 11.8 Å². The first-order chi connectivity index (χ1) is 9.36. The molecule has 0 spiro atoms. The highest BCUT2D eigenvalue weighted by Gasteiger charge is 2.41. The van der Waals surface area contributed by atoms with Gasteiger partial charge in [0.05, 0.1) is 5.92 Å². The SMILES string of the molecule is CC(NC1CCC(C(F)(F)F)CC1)C1CCCN(C)C1. The molecule has 1 aliphatic carbocycles. The monoisotopic (exact) mass is 292 g/mol. The second-order valence-electron chi connectivity index (χ2n) is 6.71. The molecule has 2 unspecified atom stereocenters. The topological polar surface area (TPSA) is 15.3 Å². The van der Waals surface area contributed by atoms with Gasteiger partial charge in [-0.15, -0.1) is 0 Å². The number of nitrogens with one attached hydrogen (secondary N) is 1. The molecule has 0 aromatic heterocycles. The van der Waals surface area contributed by atoms with Gasteiger partial charge in [0, 0.05) is 18.6 Å². The van der Waals surface area contributed by atoms with Crippen LogP contribution in [0.25, 0.3) is 0 Å². The second-order valence-corrected chi connectivity index (χ2v) is 6.71. The van der Waals surface area contributed by atoms with Gasteiger partial charge in [-0.1, -0.05) is 0 Å². The van der Waals surface area contributed by atoms with Crippen LogP contribution in [0.4, 0.5) is 13.2 Å². The van der Waals surface area contributed by atoms with Gasteiger partial charge < -0.3 is 10.2 Å². The smallest absolute Gasteiger partial charge is 0.311 e. The van der Waals surface area contributed by atoms with Crippen molar-refractivity contribution in [2.45, 2.75) is 63.7 Å². The zero-order valence-electron chi connectivity index (χ0n) is 12.5. The highest BCUT2D eigenvalue weighted by molar-refractivity contribution is 4.85. The normalized spacial score (nSPS) is 35.0. The van der Waals surface area contributed by atoms with Crippen LogP contribution < -0.4 is 5.32 Å². The molecule has 118 valence electrons. The quantitative estimate of drug-likeness (QED) is 0.857. The van der Waals surface area contributed by atoms with Crippen LogP contribution in [0.1, 0.15) is 45.4 Å². The van der Waals surface area contributed by atoms with Crippen LogP contribution in [0.2, 0.25) is 0 Å². The summed E-state index contributed by atoms with van der Waals surface area (Å²) in [5.41, 5.74) is 0. The highest BCUT2D eigenvalue weighted by Crippen LogP contribution is 2.37. The summed E-state index contributed by atoms with van der Waals surface area (Å²) in [6.45, 7) is 4.46. The fraction of sp³-hybridized carbons (Fsp3) is 1.00. The van der Waals surface area contributed by atoms with Crippen molar-refractivity contribution in [3.63, 3.8) is 0 Å².